The number of nitrogens with zero attached hydrogens (tertiary/aromatic N) is 1. The lowest BCUT2D eigenvalue weighted by Crippen LogP contribution is -2.51. The normalized spacial score (nSPS) is 44.5. The molecule has 0 saturated heterocycles. The molecule has 0 bridgehead atoms. The Bertz CT molecular complexity index is 1060. The Hall–Kier alpha value is -1.66. The SMILES string of the molecule is CC(=O)OC[C@H]1OC(O[C@H]2CC[C@@]3(C)C(=CCC4C3CC[C@@]3(C)C4CC[C@@H]3/C(C)=N/OC3CCCC3)C2)C=C[C@@H]1C. The second-order valence-electron chi connectivity index (χ2n) is 14.8. The Morgan fingerprint density at radius 3 is 2.59 bits per heavy atom. The smallest absolute Gasteiger partial charge is 0.302 e. The van der Waals surface area contributed by atoms with Crippen molar-refractivity contribution in [3.8, 4) is 0 Å². The van der Waals surface area contributed by atoms with Crippen molar-refractivity contribution < 1.29 is 23.8 Å². The summed E-state index contributed by atoms with van der Waals surface area (Å²) >= 11 is 0. The van der Waals surface area contributed by atoms with Crippen LogP contribution in [0.3, 0.4) is 0 Å². The van der Waals surface area contributed by atoms with E-state index in [-0.39, 0.29) is 42.4 Å². The maximum Gasteiger partial charge on any atom is 0.302 e. The first-order valence-corrected chi connectivity index (χ1v) is 16.7. The van der Waals surface area contributed by atoms with Gasteiger partial charge in [0.15, 0.2) is 6.29 Å². The molecule has 41 heavy (non-hydrogen) atoms. The van der Waals surface area contributed by atoms with E-state index in [1.807, 2.05) is 6.08 Å². The first kappa shape index (κ1) is 29.4. The summed E-state index contributed by atoms with van der Waals surface area (Å²) in [6.45, 7) is 11.2. The minimum atomic E-state index is -0.369. The molecule has 1 heterocycles. The Kier molecular flexibility index (Phi) is 8.46. The lowest BCUT2D eigenvalue weighted by atomic mass is 9.47. The summed E-state index contributed by atoms with van der Waals surface area (Å²) in [6, 6.07) is 0. The number of allylic oxidation sites excluding steroid dienone is 1. The largest absolute Gasteiger partial charge is 0.463 e. The molecule has 0 amide bonds. The Morgan fingerprint density at radius 2 is 1.80 bits per heavy atom. The molecule has 4 unspecified atom stereocenters. The van der Waals surface area contributed by atoms with Gasteiger partial charge < -0.3 is 19.0 Å². The van der Waals surface area contributed by atoms with E-state index in [2.05, 4.69) is 39.8 Å². The van der Waals surface area contributed by atoms with E-state index in [0.29, 0.717) is 17.4 Å². The van der Waals surface area contributed by atoms with Crippen molar-refractivity contribution in [2.75, 3.05) is 6.61 Å². The third kappa shape index (κ3) is 5.69. The zero-order chi connectivity index (χ0) is 28.8. The van der Waals surface area contributed by atoms with Crippen LogP contribution in [0.2, 0.25) is 0 Å². The molecular formula is C35H53NO5. The number of carbonyl (C=O) groups excluding carboxylic acids is 1. The number of esters is 1. The zero-order valence-electron chi connectivity index (χ0n) is 26.1. The van der Waals surface area contributed by atoms with Crippen LogP contribution in [0.4, 0.5) is 0 Å². The molecule has 5 aliphatic carbocycles. The zero-order valence-corrected chi connectivity index (χ0v) is 26.1. The molecule has 6 heteroatoms. The quantitative estimate of drug-likeness (QED) is 0.136. The van der Waals surface area contributed by atoms with Gasteiger partial charge >= 0.3 is 5.97 Å². The van der Waals surface area contributed by atoms with Gasteiger partial charge in [-0.2, -0.15) is 0 Å². The van der Waals surface area contributed by atoms with E-state index in [1.165, 1.54) is 76.8 Å². The molecule has 6 nitrogen and oxygen atoms in total. The fraction of sp³-hybridized carbons (Fsp3) is 0.829. The standard InChI is InChI=1S/C35H53NO5/c1-22-10-15-33(40-32(22)21-38-24(3)37)39-27-16-18-34(4)25(20-27)11-12-28-30-14-13-29(35(30,5)19-17-31(28)34)23(2)36-41-26-8-6-7-9-26/h10-11,15,22,26-33H,6-9,12-14,16-21H2,1-5H3/b36-23+/t22-,27-,28?,29+,30?,31?,32+,33?,34-,35+/m0/s1. The molecule has 228 valence electrons. The first-order valence-electron chi connectivity index (χ1n) is 16.7. The van der Waals surface area contributed by atoms with Crippen LogP contribution < -0.4 is 0 Å². The van der Waals surface area contributed by atoms with Gasteiger partial charge in [-0.3, -0.25) is 4.79 Å². The van der Waals surface area contributed by atoms with Crippen LogP contribution in [-0.4, -0.2) is 42.9 Å². The lowest BCUT2D eigenvalue weighted by molar-refractivity contribution is -0.199. The molecule has 10 atom stereocenters. The number of hydrogen-bond acceptors (Lipinski definition) is 6. The van der Waals surface area contributed by atoms with Crippen LogP contribution >= 0.6 is 0 Å². The number of carbonyl (C=O) groups is 1. The topological polar surface area (TPSA) is 66.4 Å². The van der Waals surface area contributed by atoms with Crippen molar-refractivity contribution >= 4 is 11.7 Å². The summed E-state index contributed by atoms with van der Waals surface area (Å²) < 4.78 is 18.0. The molecule has 0 aromatic carbocycles. The third-order valence-corrected chi connectivity index (χ3v) is 12.5. The molecule has 6 aliphatic rings. The van der Waals surface area contributed by atoms with Crippen LogP contribution in [-0.2, 0) is 23.8 Å². The second-order valence-corrected chi connectivity index (χ2v) is 14.8. The van der Waals surface area contributed by atoms with Gasteiger partial charge in [-0.25, -0.2) is 0 Å². The molecule has 4 saturated carbocycles. The lowest BCUT2D eigenvalue weighted by Gasteiger charge is -2.58. The Morgan fingerprint density at radius 1 is 1.00 bits per heavy atom. The maximum atomic E-state index is 11.3. The van der Waals surface area contributed by atoms with E-state index in [1.54, 1.807) is 5.57 Å². The third-order valence-electron chi connectivity index (χ3n) is 12.5. The van der Waals surface area contributed by atoms with E-state index < -0.39 is 0 Å². The Labute approximate surface area is 247 Å². The molecule has 6 rings (SSSR count). The second kappa shape index (κ2) is 11.8. The molecule has 1 aliphatic heterocycles. The van der Waals surface area contributed by atoms with Crippen molar-refractivity contribution in [1.82, 2.24) is 0 Å². The first-order chi connectivity index (χ1) is 19.7. The van der Waals surface area contributed by atoms with Crippen LogP contribution in [0.5, 0.6) is 0 Å². The fourth-order valence-corrected chi connectivity index (χ4v) is 10.0. The van der Waals surface area contributed by atoms with Gasteiger partial charge in [0.25, 0.3) is 0 Å². The predicted molar refractivity (Wildman–Crippen MR) is 160 cm³/mol. The number of rotatable bonds is 7. The number of fused-ring (bicyclic) bond motifs is 5. The summed E-state index contributed by atoms with van der Waals surface area (Å²) in [6.07, 6.45) is 21.4. The van der Waals surface area contributed by atoms with Gasteiger partial charge in [0.05, 0.1) is 11.8 Å². The van der Waals surface area contributed by atoms with Crippen LogP contribution in [0.15, 0.2) is 29.0 Å². The highest BCUT2D eigenvalue weighted by Crippen LogP contribution is 2.66. The van der Waals surface area contributed by atoms with E-state index >= 15 is 0 Å². The maximum absolute atomic E-state index is 11.3. The summed E-state index contributed by atoms with van der Waals surface area (Å²) in [5.74, 6) is 2.82. The molecule has 0 aromatic heterocycles. The summed E-state index contributed by atoms with van der Waals surface area (Å²) in [5, 5.41) is 4.74. The van der Waals surface area contributed by atoms with Gasteiger partial charge in [0.2, 0.25) is 0 Å². The molecular weight excluding hydrogens is 514 g/mol. The average Bonchev–Trinajstić information content (AvgIpc) is 3.59. The van der Waals surface area contributed by atoms with Gasteiger partial charge in [-0.1, -0.05) is 43.7 Å². The van der Waals surface area contributed by atoms with Crippen molar-refractivity contribution in [2.24, 2.45) is 45.6 Å². The highest BCUT2D eigenvalue weighted by Gasteiger charge is 2.59. The van der Waals surface area contributed by atoms with Crippen LogP contribution in [0.1, 0.15) is 112 Å². The molecule has 0 aromatic rings. The van der Waals surface area contributed by atoms with Crippen molar-refractivity contribution in [3.63, 3.8) is 0 Å². The number of hydrogen-bond donors (Lipinski definition) is 0. The average molecular weight is 568 g/mol. The minimum absolute atomic E-state index is 0.160. The van der Waals surface area contributed by atoms with Crippen molar-refractivity contribution in [2.45, 2.75) is 136 Å². The highest BCUT2D eigenvalue weighted by molar-refractivity contribution is 5.85. The minimum Gasteiger partial charge on any atom is -0.463 e. The van der Waals surface area contributed by atoms with Crippen LogP contribution in [0, 0.1) is 40.4 Å². The van der Waals surface area contributed by atoms with Crippen molar-refractivity contribution in [1.29, 1.82) is 0 Å². The van der Waals surface area contributed by atoms with Gasteiger partial charge in [-0.15, -0.1) is 0 Å². The molecule has 0 N–H and O–H groups in total. The monoisotopic (exact) mass is 567 g/mol. The van der Waals surface area contributed by atoms with E-state index in [9.17, 15) is 4.79 Å². The van der Waals surface area contributed by atoms with Gasteiger partial charge in [0.1, 0.15) is 18.8 Å². The van der Waals surface area contributed by atoms with Crippen LogP contribution in [0.25, 0.3) is 0 Å². The molecule has 0 spiro atoms. The molecule has 4 fully saturated rings. The van der Waals surface area contributed by atoms with Crippen molar-refractivity contribution in [3.05, 3.63) is 23.8 Å². The predicted octanol–water partition coefficient (Wildman–Crippen LogP) is 7.77. The number of ether oxygens (including phenoxy) is 3. The Balaban J connectivity index is 1.09. The summed E-state index contributed by atoms with van der Waals surface area (Å²) in [7, 11) is 0. The molecule has 0 radical (unpaired) electrons. The van der Waals surface area contributed by atoms with Gasteiger partial charge in [-0.05, 0) is 119 Å². The summed E-state index contributed by atoms with van der Waals surface area (Å²) in [4.78, 5) is 17.3. The summed E-state index contributed by atoms with van der Waals surface area (Å²) in [5.41, 5.74) is 3.51. The van der Waals surface area contributed by atoms with Gasteiger partial charge in [0, 0.05) is 18.8 Å². The fourth-order valence-electron chi connectivity index (χ4n) is 10.0. The highest BCUT2D eigenvalue weighted by atomic mass is 16.7. The van der Waals surface area contributed by atoms with E-state index in [0.717, 1.165) is 30.6 Å². The number of oxime groups is 1. The van der Waals surface area contributed by atoms with E-state index in [4.69, 9.17) is 24.2 Å².